The number of ether oxygens (including phenoxy) is 1. The molecule has 4 heteroatoms. The monoisotopic (exact) mass is 290 g/mol. The summed E-state index contributed by atoms with van der Waals surface area (Å²) in [5.74, 6) is 1.20. The topological polar surface area (TPSA) is 41.6 Å². The summed E-state index contributed by atoms with van der Waals surface area (Å²) in [7, 11) is 3.79. The molecule has 1 amide bonds. The van der Waals surface area contributed by atoms with Gasteiger partial charge in [0.05, 0.1) is 7.11 Å². The Morgan fingerprint density at radius 2 is 2.14 bits per heavy atom. The highest BCUT2D eigenvalue weighted by Gasteiger charge is 2.19. The molecule has 0 radical (unpaired) electrons. The molecular formula is C17H26N2O2. The van der Waals surface area contributed by atoms with E-state index in [2.05, 4.69) is 30.3 Å². The Bertz CT molecular complexity index is 468. The van der Waals surface area contributed by atoms with Crippen molar-refractivity contribution in [3.05, 3.63) is 29.8 Å². The molecule has 1 fully saturated rings. The third-order valence-electron chi connectivity index (χ3n) is 4.24. The van der Waals surface area contributed by atoms with E-state index in [0.29, 0.717) is 12.5 Å². The van der Waals surface area contributed by atoms with Crippen molar-refractivity contribution in [2.24, 2.45) is 0 Å². The van der Waals surface area contributed by atoms with Crippen LogP contribution in [0.4, 0.5) is 0 Å². The molecule has 0 saturated carbocycles. The average molecular weight is 290 g/mol. The van der Waals surface area contributed by atoms with Crippen molar-refractivity contribution in [3.63, 3.8) is 0 Å². The van der Waals surface area contributed by atoms with E-state index in [1.807, 2.05) is 18.2 Å². The Morgan fingerprint density at radius 1 is 1.43 bits per heavy atom. The molecule has 1 unspecified atom stereocenters. The Labute approximate surface area is 127 Å². The van der Waals surface area contributed by atoms with Gasteiger partial charge in [-0.3, -0.25) is 4.79 Å². The number of nitrogens with zero attached hydrogens (tertiary/aromatic N) is 1. The summed E-state index contributed by atoms with van der Waals surface area (Å²) in [6.07, 6.45) is 2.63. The molecule has 0 aliphatic carbocycles. The van der Waals surface area contributed by atoms with Crippen LogP contribution in [-0.4, -0.2) is 44.1 Å². The Morgan fingerprint density at radius 3 is 2.81 bits per heavy atom. The van der Waals surface area contributed by atoms with E-state index >= 15 is 0 Å². The summed E-state index contributed by atoms with van der Waals surface area (Å²) in [6, 6.07) is 8.30. The van der Waals surface area contributed by atoms with Crippen LogP contribution < -0.4 is 10.1 Å². The largest absolute Gasteiger partial charge is 0.497 e. The number of benzene rings is 1. The maximum absolute atomic E-state index is 12.2. The highest BCUT2D eigenvalue weighted by atomic mass is 16.5. The highest BCUT2D eigenvalue weighted by Crippen LogP contribution is 2.23. The standard InChI is InChI=1S/C17H26N2O2/c1-13(14-5-4-6-16(12-14)21-3)11-17(20)18-15-7-9-19(2)10-8-15/h4-6,12-13,15H,7-11H2,1-3H3,(H,18,20). The van der Waals surface area contributed by atoms with Crippen molar-refractivity contribution in [1.82, 2.24) is 10.2 Å². The molecule has 21 heavy (non-hydrogen) atoms. The molecule has 0 aromatic heterocycles. The fourth-order valence-electron chi connectivity index (χ4n) is 2.78. The van der Waals surface area contributed by atoms with E-state index in [-0.39, 0.29) is 11.8 Å². The second-order valence-electron chi connectivity index (χ2n) is 6.03. The first-order chi connectivity index (χ1) is 10.1. The molecule has 0 bridgehead atoms. The third-order valence-corrected chi connectivity index (χ3v) is 4.24. The predicted octanol–water partition coefficient (Wildman–Crippen LogP) is 2.40. The fraction of sp³-hybridized carbons (Fsp3) is 0.588. The van der Waals surface area contributed by atoms with Crippen LogP contribution in [0.15, 0.2) is 24.3 Å². The predicted molar refractivity (Wildman–Crippen MR) is 84.7 cm³/mol. The van der Waals surface area contributed by atoms with Crippen LogP contribution in [0.1, 0.15) is 37.7 Å². The van der Waals surface area contributed by atoms with E-state index in [9.17, 15) is 4.79 Å². The summed E-state index contributed by atoms with van der Waals surface area (Å²) >= 11 is 0. The van der Waals surface area contributed by atoms with Crippen LogP contribution in [-0.2, 0) is 4.79 Å². The Kier molecular flexibility index (Phi) is 5.62. The first kappa shape index (κ1) is 15.8. The number of hydrogen-bond donors (Lipinski definition) is 1. The molecule has 1 aromatic rings. The van der Waals surface area contributed by atoms with Gasteiger partial charge in [0.2, 0.25) is 5.91 Å². The van der Waals surface area contributed by atoms with Gasteiger partial charge in [0.1, 0.15) is 5.75 Å². The van der Waals surface area contributed by atoms with Crippen molar-refractivity contribution < 1.29 is 9.53 Å². The van der Waals surface area contributed by atoms with Gasteiger partial charge in [-0.25, -0.2) is 0 Å². The van der Waals surface area contributed by atoms with E-state index in [0.717, 1.165) is 37.2 Å². The smallest absolute Gasteiger partial charge is 0.220 e. The minimum Gasteiger partial charge on any atom is -0.497 e. The molecule has 1 N–H and O–H groups in total. The fourth-order valence-corrected chi connectivity index (χ4v) is 2.78. The zero-order chi connectivity index (χ0) is 15.2. The minimum atomic E-state index is 0.153. The van der Waals surface area contributed by atoms with E-state index in [4.69, 9.17) is 4.74 Å². The van der Waals surface area contributed by atoms with Crippen molar-refractivity contribution in [1.29, 1.82) is 0 Å². The number of methoxy groups -OCH3 is 1. The molecule has 1 atom stereocenters. The third kappa shape index (κ3) is 4.74. The zero-order valence-corrected chi connectivity index (χ0v) is 13.3. The molecular weight excluding hydrogens is 264 g/mol. The van der Waals surface area contributed by atoms with Crippen LogP contribution in [0.2, 0.25) is 0 Å². The molecule has 0 spiro atoms. The van der Waals surface area contributed by atoms with Gasteiger partial charge < -0.3 is 15.0 Å². The van der Waals surface area contributed by atoms with E-state index < -0.39 is 0 Å². The van der Waals surface area contributed by atoms with Crippen LogP contribution in [0, 0.1) is 0 Å². The van der Waals surface area contributed by atoms with Gasteiger partial charge in [0, 0.05) is 12.5 Å². The van der Waals surface area contributed by atoms with Gasteiger partial charge in [-0.1, -0.05) is 19.1 Å². The first-order valence-electron chi connectivity index (χ1n) is 7.70. The number of piperidine rings is 1. The second-order valence-corrected chi connectivity index (χ2v) is 6.03. The van der Waals surface area contributed by atoms with Gasteiger partial charge in [-0.05, 0) is 56.6 Å². The lowest BCUT2D eigenvalue weighted by atomic mass is 9.96. The maximum atomic E-state index is 12.2. The molecule has 4 nitrogen and oxygen atoms in total. The number of nitrogens with one attached hydrogen (secondary N) is 1. The number of amides is 1. The summed E-state index contributed by atoms with van der Waals surface area (Å²) in [6.45, 7) is 4.22. The molecule has 1 aromatic carbocycles. The number of likely N-dealkylation sites (tertiary alicyclic amines) is 1. The summed E-state index contributed by atoms with van der Waals surface area (Å²) in [4.78, 5) is 14.5. The SMILES string of the molecule is COc1cccc(C(C)CC(=O)NC2CCN(C)CC2)c1. The lowest BCUT2D eigenvalue weighted by molar-refractivity contribution is -0.122. The van der Waals surface area contributed by atoms with Gasteiger partial charge >= 0.3 is 0 Å². The summed E-state index contributed by atoms with van der Waals surface area (Å²) in [5.41, 5.74) is 1.15. The Balaban J connectivity index is 1.84. The lowest BCUT2D eigenvalue weighted by Crippen LogP contribution is -2.43. The van der Waals surface area contributed by atoms with Crippen LogP contribution in [0.25, 0.3) is 0 Å². The molecule has 1 heterocycles. The normalized spacial score (nSPS) is 18.2. The molecule has 1 aliphatic heterocycles. The summed E-state index contributed by atoms with van der Waals surface area (Å²) in [5, 5.41) is 3.17. The van der Waals surface area contributed by atoms with Crippen LogP contribution in [0.3, 0.4) is 0 Å². The van der Waals surface area contributed by atoms with Crippen molar-refractivity contribution in [2.45, 2.75) is 38.1 Å². The summed E-state index contributed by atoms with van der Waals surface area (Å²) < 4.78 is 5.24. The van der Waals surface area contributed by atoms with E-state index in [1.165, 1.54) is 0 Å². The molecule has 116 valence electrons. The number of hydrogen-bond acceptors (Lipinski definition) is 3. The van der Waals surface area contributed by atoms with Crippen LogP contribution in [0.5, 0.6) is 5.75 Å². The van der Waals surface area contributed by atoms with Gasteiger partial charge in [-0.15, -0.1) is 0 Å². The molecule has 1 saturated heterocycles. The molecule has 1 aliphatic rings. The zero-order valence-electron chi connectivity index (χ0n) is 13.3. The molecule has 2 rings (SSSR count). The minimum absolute atomic E-state index is 0.153. The lowest BCUT2D eigenvalue weighted by Gasteiger charge is -2.29. The van der Waals surface area contributed by atoms with Crippen LogP contribution >= 0.6 is 0 Å². The van der Waals surface area contributed by atoms with E-state index in [1.54, 1.807) is 7.11 Å². The number of carbonyl (C=O) groups excluding carboxylic acids is 1. The quantitative estimate of drug-likeness (QED) is 0.905. The Hall–Kier alpha value is -1.55. The highest BCUT2D eigenvalue weighted by molar-refractivity contribution is 5.77. The second kappa shape index (κ2) is 7.46. The van der Waals surface area contributed by atoms with Gasteiger partial charge in [-0.2, -0.15) is 0 Å². The van der Waals surface area contributed by atoms with Gasteiger partial charge in [0.25, 0.3) is 0 Å². The van der Waals surface area contributed by atoms with Crippen molar-refractivity contribution >= 4 is 5.91 Å². The average Bonchev–Trinajstić information content (AvgIpc) is 2.49. The number of carbonyl (C=O) groups is 1. The van der Waals surface area contributed by atoms with Gasteiger partial charge in [0.15, 0.2) is 0 Å². The maximum Gasteiger partial charge on any atom is 0.220 e. The number of rotatable bonds is 5. The van der Waals surface area contributed by atoms with Crippen molar-refractivity contribution in [2.75, 3.05) is 27.2 Å². The van der Waals surface area contributed by atoms with Crippen molar-refractivity contribution in [3.8, 4) is 5.75 Å². The first-order valence-corrected chi connectivity index (χ1v) is 7.70.